The Morgan fingerprint density at radius 3 is 2.55 bits per heavy atom. The summed E-state index contributed by atoms with van der Waals surface area (Å²) in [5.41, 5.74) is 2.54. The smallest absolute Gasteiger partial charge is 0.185 e. The van der Waals surface area contributed by atoms with E-state index >= 15 is 0 Å². The quantitative estimate of drug-likeness (QED) is 0.354. The molecule has 4 nitrogen and oxygen atoms in total. The summed E-state index contributed by atoms with van der Waals surface area (Å²) in [6.07, 6.45) is 5.06. The summed E-state index contributed by atoms with van der Waals surface area (Å²) >= 11 is 6.43. The molecule has 0 aliphatic carbocycles. The average Bonchev–Trinajstić information content (AvgIpc) is 2.67. The normalized spacial score (nSPS) is 11.8. The van der Waals surface area contributed by atoms with Crippen LogP contribution in [0.25, 0.3) is 6.08 Å². The van der Waals surface area contributed by atoms with Crippen molar-refractivity contribution in [2.75, 3.05) is 21.2 Å². The standard InChI is InChI=1S/C24H28ClNO3/c1-7-24(2,3)19-13-17(23(29-6)14-20(19)25)9-11-21(27)16-8-10-22(28)18(12-16)15-26(4)5/h7-14,28H,1,15H2,2-6H3. The van der Waals surface area contributed by atoms with E-state index in [4.69, 9.17) is 16.3 Å². The van der Waals surface area contributed by atoms with Crippen LogP contribution >= 0.6 is 11.6 Å². The summed E-state index contributed by atoms with van der Waals surface area (Å²) in [6, 6.07) is 8.55. The maximum Gasteiger partial charge on any atom is 0.185 e. The molecule has 0 radical (unpaired) electrons. The van der Waals surface area contributed by atoms with Crippen molar-refractivity contribution in [1.29, 1.82) is 0 Å². The van der Waals surface area contributed by atoms with Crippen LogP contribution in [-0.2, 0) is 12.0 Å². The maximum atomic E-state index is 12.7. The highest BCUT2D eigenvalue weighted by atomic mass is 35.5. The molecular formula is C24H28ClNO3. The van der Waals surface area contributed by atoms with Crippen LogP contribution in [0.2, 0.25) is 5.02 Å². The van der Waals surface area contributed by atoms with Gasteiger partial charge < -0.3 is 14.7 Å². The predicted molar refractivity (Wildman–Crippen MR) is 120 cm³/mol. The molecule has 0 heterocycles. The Hall–Kier alpha value is -2.56. The van der Waals surface area contributed by atoms with Crippen LogP contribution < -0.4 is 4.74 Å². The molecule has 0 saturated heterocycles. The molecule has 2 aromatic rings. The number of ketones is 1. The summed E-state index contributed by atoms with van der Waals surface area (Å²) in [5, 5.41) is 10.6. The number of methoxy groups -OCH3 is 1. The lowest BCUT2D eigenvalue weighted by molar-refractivity contribution is 0.104. The Bertz CT molecular complexity index is 945. The largest absolute Gasteiger partial charge is 0.508 e. The zero-order chi connectivity index (χ0) is 21.8. The lowest BCUT2D eigenvalue weighted by Gasteiger charge is -2.23. The molecule has 5 heteroatoms. The number of hydrogen-bond acceptors (Lipinski definition) is 4. The molecule has 0 aromatic heterocycles. The SMILES string of the molecule is C=CC(C)(C)c1cc(C=CC(=O)c2ccc(O)c(CN(C)C)c2)c(OC)cc1Cl. The van der Waals surface area contributed by atoms with Gasteiger partial charge in [-0.25, -0.2) is 0 Å². The second-order valence-corrected chi connectivity index (χ2v) is 8.19. The first-order valence-corrected chi connectivity index (χ1v) is 9.67. The highest BCUT2D eigenvalue weighted by Gasteiger charge is 2.21. The van der Waals surface area contributed by atoms with Gasteiger partial charge in [0.1, 0.15) is 11.5 Å². The molecule has 0 atom stereocenters. The van der Waals surface area contributed by atoms with E-state index in [9.17, 15) is 9.90 Å². The van der Waals surface area contributed by atoms with E-state index in [2.05, 4.69) is 6.58 Å². The van der Waals surface area contributed by atoms with Gasteiger partial charge in [0.05, 0.1) is 7.11 Å². The number of ether oxygens (including phenoxy) is 1. The molecule has 29 heavy (non-hydrogen) atoms. The maximum absolute atomic E-state index is 12.7. The van der Waals surface area contributed by atoms with Crippen molar-refractivity contribution in [3.05, 3.63) is 76.3 Å². The molecular weight excluding hydrogens is 386 g/mol. The minimum absolute atomic E-state index is 0.161. The van der Waals surface area contributed by atoms with Crippen LogP contribution in [-0.4, -0.2) is 37.0 Å². The fourth-order valence-electron chi connectivity index (χ4n) is 2.95. The lowest BCUT2D eigenvalue weighted by Crippen LogP contribution is -2.14. The Morgan fingerprint density at radius 2 is 1.97 bits per heavy atom. The fourth-order valence-corrected chi connectivity index (χ4v) is 3.35. The molecule has 154 valence electrons. The Kier molecular flexibility index (Phi) is 7.28. The molecule has 0 aliphatic rings. The summed E-state index contributed by atoms with van der Waals surface area (Å²) in [4.78, 5) is 14.6. The number of rotatable bonds is 8. The Balaban J connectivity index is 2.39. The molecule has 2 aromatic carbocycles. The molecule has 0 saturated carbocycles. The number of aromatic hydroxyl groups is 1. The van der Waals surface area contributed by atoms with Crippen molar-refractivity contribution >= 4 is 23.5 Å². The van der Waals surface area contributed by atoms with E-state index in [0.29, 0.717) is 28.4 Å². The number of halogens is 1. The van der Waals surface area contributed by atoms with E-state index in [1.54, 1.807) is 37.5 Å². The van der Waals surface area contributed by atoms with E-state index in [1.165, 1.54) is 6.08 Å². The lowest BCUT2D eigenvalue weighted by atomic mass is 9.84. The van der Waals surface area contributed by atoms with E-state index in [0.717, 1.165) is 11.1 Å². The van der Waals surface area contributed by atoms with Gasteiger partial charge in [0.25, 0.3) is 0 Å². The number of carbonyl (C=O) groups excluding carboxylic acids is 1. The summed E-state index contributed by atoms with van der Waals surface area (Å²) in [5.74, 6) is 0.600. The summed E-state index contributed by atoms with van der Waals surface area (Å²) < 4.78 is 5.43. The van der Waals surface area contributed by atoms with Crippen molar-refractivity contribution in [1.82, 2.24) is 4.90 Å². The average molecular weight is 414 g/mol. The first kappa shape index (κ1) is 22.7. The van der Waals surface area contributed by atoms with Crippen LogP contribution in [0.3, 0.4) is 0 Å². The van der Waals surface area contributed by atoms with Gasteiger partial charge in [-0.15, -0.1) is 6.58 Å². The van der Waals surface area contributed by atoms with Gasteiger partial charge in [0.2, 0.25) is 0 Å². The van der Waals surface area contributed by atoms with Crippen molar-refractivity contribution in [3.63, 3.8) is 0 Å². The van der Waals surface area contributed by atoms with Gasteiger partial charge >= 0.3 is 0 Å². The van der Waals surface area contributed by atoms with Gasteiger partial charge in [-0.1, -0.05) is 31.5 Å². The second-order valence-electron chi connectivity index (χ2n) is 7.78. The van der Waals surface area contributed by atoms with Crippen molar-refractivity contribution in [3.8, 4) is 11.5 Å². The van der Waals surface area contributed by atoms with E-state index in [-0.39, 0.29) is 16.9 Å². The third kappa shape index (κ3) is 5.49. The molecule has 2 rings (SSSR count). The summed E-state index contributed by atoms with van der Waals surface area (Å²) in [6.45, 7) is 8.47. The molecule has 0 spiro atoms. The van der Waals surface area contributed by atoms with Gasteiger partial charge in [-0.05, 0) is 62.1 Å². The minimum atomic E-state index is -0.325. The van der Waals surface area contributed by atoms with E-state index in [1.807, 2.05) is 45.0 Å². The third-order valence-corrected chi connectivity index (χ3v) is 5.10. The van der Waals surface area contributed by atoms with Crippen molar-refractivity contribution in [2.45, 2.75) is 25.8 Å². The molecule has 0 fully saturated rings. The minimum Gasteiger partial charge on any atom is -0.508 e. The zero-order valence-corrected chi connectivity index (χ0v) is 18.4. The van der Waals surface area contributed by atoms with Crippen LogP contribution in [0.5, 0.6) is 11.5 Å². The number of allylic oxidation sites excluding steroid dienone is 2. The predicted octanol–water partition coefficient (Wildman–Crippen LogP) is 5.48. The highest BCUT2D eigenvalue weighted by molar-refractivity contribution is 6.31. The molecule has 0 unspecified atom stereocenters. The van der Waals surface area contributed by atoms with Gasteiger partial charge in [-0.2, -0.15) is 0 Å². The fraction of sp³-hybridized carbons (Fsp3) is 0.292. The second kappa shape index (κ2) is 9.29. The van der Waals surface area contributed by atoms with Crippen LogP contribution in [0.4, 0.5) is 0 Å². The Morgan fingerprint density at radius 1 is 1.28 bits per heavy atom. The van der Waals surface area contributed by atoms with Gasteiger partial charge in [0, 0.05) is 33.7 Å². The van der Waals surface area contributed by atoms with Crippen molar-refractivity contribution < 1.29 is 14.6 Å². The molecule has 1 N–H and O–H groups in total. The number of nitrogens with zero attached hydrogens (tertiary/aromatic N) is 1. The first-order valence-electron chi connectivity index (χ1n) is 9.29. The zero-order valence-electron chi connectivity index (χ0n) is 17.6. The van der Waals surface area contributed by atoms with Gasteiger partial charge in [0.15, 0.2) is 5.78 Å². The number of benzene rings is 2. The molecule has 0 aliphatic heterocycles. The number of phenols is 1. The van der Waals surface area contributed by atoms with Crippen LogP contribution in [0, 0.1) is 0 Å². The number of phenolic OH excluding ortho intramolecular Hbond substituents is 1. The summed E-state index contributed by atoms with van der Waals surface area (Å²) in [7, 11) is 5.38. The third-order valence-electron chi connectivity index (χ3n) is 4.79. The highest BCUT2D eigenvalue weighted by Crippen LogP contribution is 2.36. The Labute approximate surface area is 178 Å². The number of carbonyl (C=O) groups is 1. The number of hydrogen-bond donors (Lipinski definition) is 1. The first-order chi connectivity index (χ1) is 13.6. The van der Waals surface area contributed by atoms with Gasteiger partial charge in [-0.3, -0.25) is 4.79 Å². The molecule has 0 bridgehead atoms. The van der Waals surface area contributed by atoms with E-state index < -0.39 is 0 Å². The topological polar surface area (TPSA) is 49.8 Å². The van der Waals surface area contributed by atoms with Crippen molar-refractivity contribution in [2.24, 2.45) is 0 Å². The molecule has 0 amide bonds. The van der Waals surface area contributed by atoms with Crippen LogP contribution in [0.1, 0.15) is 40.9 Å². The van der Waals surface area contributed by atoms with Crippen LogP contribution in [0.15, 0.2) is 49.1 Å². The monoisotopic (exact) mass is 413 g/mol.